The topological polar surface area (TPSA) is 44.4 Å². The molecule has 0 saturated carbocycles. The lowest BCUT2D eigenvalue weighted by Crippen LogP contribution is -2.42. The Labute approximate surface area is 126 Å². The largest absolute Gasteiger partial charge is 0.385 e. The number of nitrogens with one attached hydrogen (secondary N) is 2. The highest BCUT2D eigenvalue weighted by atomic mass is 19.1. The van der Waals surface area contributed by atoms with Gasteiger partial charge in [-0.3, -0.25) is 4.79 Å². The molecule has 4 nitrogen and oxygen atoms in total. The van der Waals surface area contributed by atoms with E-state index in [9.17, 15) is 9.18 Å². The molecule has 1 aromatic carbocycles. The minimum atomic E-state index is -0.418. The van der Waals surface area contributed by atoms with E-state index in [0.29, 0.717) is 11.5 Å². The molecule has 1 aromatic rings. The normalized spacial score (nSPS) is 12.6. The van der Waals surface area contributed by atoms with Crippen LogP contribution in [0.15, 0.2) is 18.2 Å². The number of anilines is 1. The lowest BCUT2D eigenvalue weighted by molar-refractivity contribution is 0.0925. The zero-order valence-corrected chi connectivity index (χ0v) is 13.5. The number of benzene rings is 1. The summed E-state index contributed by atoms with van der Waals surface area (Å²) in [6.07, 6.45) is 0.883. The molecule has 5 heteroatoms. The number of carbonyl (C=O) groups is 1. The second-order valence-corrected chi connectivity index (χ2v) is 5.97. The van der Waals surface area contributed by atoms with Crippen molar-refractivity contribution in [2.75, 3.05) is 33.0 Å². The summed E-state index contributed by atoms with van der Waals surface area (Å²) < 4.78 is 13.7. The van der Waals surface area contributed by atoms with Crippen LogP contribution >= 0.6 is 0 Å². The quantitative estimate of drug-likeness (QED) is 0.812. The van der Waals surface area contributed by atoms with Crippen molar-refractivity contribution < 1.29 is 9.18 Å². The molecule has 0 spiro atoms. The number of nitrogens with zero attached hydrogens (tertiary/aromatic N) is 1. The molecular weight excluding hydrogens is 269 g/mol. The molecule has 1 atom stereocenters. The maximum atomic E-state index is 13.7. The maximum Gasteiger partial charge on any atom is 0.253 e. The number of hydrogen-bond donors (Lipinski definition) is 2. The third-order valence-corrected chi connectivity index (χ3v) is 3.18. The Hall–Kier alpha value is -1.62. The number of rotatable bonds is 7. The van der Waals surface area contributed by atoms with Gasteiger partial charge in [-0.1, -0.05) is 19.9 Å². The van der Waals surface area contributed by atoms with E-state index in [-0.39, 0.29) is 17.6 Å². The van der Waals surface area contributed by atoms with E-state index in [2.05, 4.69) is 24.5 Å². The third kappa shape index (κ3) is 5.34. The predicted molar refractivity (Wildman–Crippen MR) is 85.2 cm³/mol. The average molecular weight is 295 g/mol. The highest BCUT2D eigenvalue weighted by molar-refractivity contribution is 5.99. The molecule has 0 radical (unpaired) electrons. The Morgan fingerprint density at radius 1 is 1.33 bits per heavy atom. The molecule has 0 aliphatic heterocycles. The minimum Gasteiger partial charge on any atom is -0.385 e. The molecule has 1 amide bonds. The number of carbonyl (C=O) groups excluding carboxylic acids is 1. The van der Waals surface area contributed by atoms with Crippen LogP contribution < -0.4 is 10.6 Å². The van der Waals surface area contributed by atoms with Crippen LogP contribution in [0.2, 0.25) is 0 Å². The summed E-state index contributed by atoms with van der Waals surface area (Å²) in [5, 5.41) is 5.76. The number of amides is 1. The third-order valence-electron chi connectivity index (χ3n) is 3.18. The van der Waals surface area contributed by atoms with Crippen LogP contribution in [0.1, 0.15) is 30.6 Å². The highest BCUT2D eigenvalue weighted by Gasteiger charge is 2.19. The zero-order chi connectivity index (χ0) is 16.0. The number of para-hydroxylation sites is 1. The Morgan fingerprint density at radius 2 is 2.00 bits per heavy atom. The lowest BCUT2D eigenvalue weighted by atomic mass is 10.0. The van der Waals surface area contributed by atoms with Crippen LogP contribution in [-0.4, -0.2) is 44.5 Å². The van der Waals surface area contributed by atoms with Gasteiger partial charge in [0.15, 0.2) is 0 Å². The summed E-state index contributed by atoms with van der Waals surface area (Å²) in [5.74, 6) is -0.184. The molecule has 0 aromatic heterocycles. The lowest BCUT2D eigenvalue weighted by Gasteiger charge is -2.24. The predicted octanol–water partition coefficient (Wildman–Crippen LogP) is 2.57. The van der Waals surface area contributed by atoms with Gasteiger partial charge in [0.1, 0.15) is 5.82 Å². The summed E-state index contributed by atoms with van der Waals surface area (Å²) in [5.41, 5.74) is 0.577. The van der Waals surface area contributed by atoms with Crippen LogP contribution in [0.4, 0.5) is 10.1 Å². The van der Waals surface area contributed by atoms with Gasteiger partial charge in [-0.2, -0.15) is 0 Å². The minimum absolute atomic E-state index is 0.0421. The van der Waals surface area contributed by atoms with Crippen molar-refractivity contribution in [2.24, 2.45) is 5.92 Å². The molecule has 0 aliphatic carbocycles. The van der Waals surface area contributed by atoms with Crippen molar-refractivity contribution in [2.45, 2.75) is 26.3 Å². The van der Waals surface area contributed by atoms with Crippen LogP contribution in [-0.2, 0) is 0 Å². The number of likely N-dealkylation sites (N-methyl/N-ethyl adjacent to an activating group) is 1. The van der Waals surface area contributed by atoms with Gasteiger partial charge in [0.2, 0.25) is 0 Å². The molecule has 0 fully saturated rings. The van der Waals surface area contributed by atoms with Gasteiger partial charge < -0.3 is 15.5 Å². The van der Waals surface area contributed by atoms with Gasteiger partial charge in [0.25, 0.3) is 5.91 Å². The first kappa shape index (κ1) is 17.4. The monoisotopic (exact) mass is 295 g/mol. The van der Waals surface area contributed by atoms with Gasteiger partial charge in [-0.05, 0) is 38.6 Å². The van der Waals surface area contributed by atoms with Gasteiger partial charge >= 0.3 is 0 Å². The fourth-order valence-corrected chi connectivity index (χ4v) is 2.42. The second kappa shape index (κ2) is 7.98. The van der Waals surface area contributed by atoms with E-state index in [1.165, 1.54) is 6.07 Å². The first-order chi connectivity index (χ1) is 9.85. The highest BCUT2D eigenvalue weighted by Crippen LogP contribution is 2.19. The van der Waals surface area contributed by atoms with Crippen LogP contribution in [0.25, 0.3) is 0 Å². The maximum absolute atomic E-state index is 13.7. The smallest absolute Gasteiger partial charge is 0.253 e. The standard InChI is InChI=1S/C16H26FN3O/c1-11(2)9-12(10-20(4)5)19-16(21)13-7-6-8-14(17)15(13)18-3/h6-8,11-12,18H,9-10H2,1-5H3,(H,19,21). The van der Waals surface area contributed by atoms with Crippen molar-refractivity contribution in [3.05, 3.63) is 29.6 Å². The fourth-order valence-electron chi connectivity index (χ4n) is 2.42. The molecule has 0 aliphatic rings. The van der Waals surface area contributed by atoms with E-state index in [4.69, 9.17) is 0 Å². The van der Waals surface area contributed by atoms with E-state index in [1.807, 2.05) is 19.0 Å². The van der Waals surface area contributed by atoms with Crippen molar-refractivity contribution >= 4 is 11.6 Å². The second-order valence-electron chi connectivity index (χ2n) is 5.97. The molecule has 0 bridgehead atoms. The first-order valence-corrected chi connectivity index (χ1v) is 7.27. The van der Waals surface area contributed by atoms with Crippen molar-refractivity contribution in [3.8, 4) is 0 Å². The van der Waals surface area contributed by atoms with Crippen molar-refractivity contribution in [1.29, 1.82) is 0 Å². The molecule has 1 rings (SSSR count). The van der Waals surface area contributed by atoms with E-state index < -0.39 is 5.82 Å². The van der Waals surface area contributed by atoms with Crippen LogP contribution in [0.5, 0.6) is 0 Å². The molecule has 0 heterocycles. The molecular formula is C16H26FN3O. The molecule has 21 heavy (non-hydrogen) atoms. The van der Waals surface area contributed by atoms with E-state index in [1.54, 1.807) is 19.2 Å². The first-order valence-electron chi connectivity index (χ1n) is 7.27. The van der Waals surface area contributed by atoms with Gasteiger partial charge in [0.05, 0.1) is 11.3 Å². The Bertz CT molecular complexity index is 465. The van der Waals surface area contributed by atoms with Gasteiger partial charge in [-0.25, -0.2) is 4.39 Å². The average Bonchev–Trinajstić information content (AvgIpc) is 2.36. The molecule has 1 unspecified atom stereocenters. The molecule has 0 saturated heterocycles. The summed E-state index contributed by atoms with van der Waals surface area (Å²) >= 11 is 0. The Morgan fingerprint density at radius 3 is 2.52 bits per heavy atom. The molecule has 2 N–H and O–H groups in total. The van der Waals surface area contributed by atoms with Crippen LogP contribution in [0, 0.1) is 11.7 Å². The van der Waals surface area contributed by atoms with Crippen molar-refractivity contribution in [1.82, 2.24) is 10.2 Å². The van der Waals surface area contributed by atoms with Gasteiger partial charge in [0, 0.05) is 19.6 Å². The number of hydrogen-bond acceptors (Lipinski definition) is 3. The summed E-state index contributed by atoms with van der Waals surface area (Å²) in [6, 6.07) is 4.56. The van der Waals surface area contributed by atoms with Crippen molar-refractivity contribution in [3.63, 3.8) is 0 Å². The summed E-state index contributed by atoms with van der Waals surface area (Å²) in [7, 11) is 5.56. The Kier molecular flexibility index (Phi) is 6.62. The number of halogens is 1. The van der Waals surface area contributed by atoms with E-state index >= 15 is 0 Å². The summed E-state index contributed by atoms with van der Waals surface area (Å²) in [6.45, 7) is 5.00. The fraction of sp³-hybridized carbons (Fsp3) is 0.562. The summed E-state index contributed by atoms with van der Waals surface area (Å²) in [4.78, 5) is 14.5. The van der Waals surface area contributed by atoms with E-state index in [0.717, 1.165) is 13.0 Å². The molecule has 118 valence electrons. The van der Waals surface area contributed by atoms with Gasteiger partial charge in [-0.15, -0.1) is 0 Å². The Balaban J connectivity index is 2.88. The van der Waals surface area contributed by atoms with Crippen LogP contribution in [0.3, 0.4) is 0 Å². The zero-order valence-electron chi connectivity index (χ0n) is 13.5. The SMILES string of the molecule is CNc1c(F)cccc1C(=O)NC(CC(C)C)CN(C)C.